The standard InChI is InChI=1S/C12H12N2O3S/c1-2-17-8-4-3-7(10(15)6-8)5-9-11(16)14-12(18)13-9/h3-6,15H,2H2,1H3,(H2,13,14,16,18)/b9-5+. The van der Waals surface area contributed by atoms with Gasteiger partial charge in [-0.15, -0.1) is 0 Å². The molecule has 94 valence electrons. The molecule has 0 aliphatic carbocycles. The third-order valence-corrected chi connectivity index (χ3v) is 2.54. The second-order valence-corrected chi connectivity index (χ2v) is 4.03. The molecule has 0 spiro atoms. The summed E-state index contributed by atoms with van der Waals surface area (Å²) < 4.78 is 5.25. The Labute approximate surface area is 109 Å². The summed E-state index contributed by atoms with van der Waals surface area (Å²) in [7, 11) is 0. The zero-order valence-corrected chi connectivity index (χ0v) is 10.5. The van der Waals surface area contributed by atoms with Gasteiger partial charge in [-0.3, -0.25) is 10.1 Å². The van der Waals surface area contributed by atoms with Gasteiger partial charge in [-0.1, -0.05) is 0 Å². The Kier molecular flexibility index (Phi) is 3.47. The van der Waals surface area contributed by atoms with E-state index in [1.807, 2.05) is 6.92 Å². The topological polar surface area (TPSA) is 70.6 Å². The molecular weight excluding hydrogens is 252 g/mol. The number of aromatic hydroxyl groups is 1. The molecule has 0 aromatic heterocycles. The van der Waals surface area contributed by atoms with Crippen LogP contribution in [0, 0.1) is 0 Å². The molecule has 0 bridgehead atoms. The molecule has 1 aromatic rings. The van der Waals surface area contributed by atoms with Crippen molar-refractivity contribution < 1.29 is 14.6 Å². The van der Waals surface area contributed by atoms with Crippen LogP contribution in [0.4, 0.5) is 0 Å². The van der Waals surface area contributed by atoms with E-state index in [-0.39, 0.29) is 16.8 Å². The van der Waals surface area contributed by atoms with Crippen LogP contribution in [0.15, 0.2) is 23.9 Å². The average molecular weight is 264 g/mol. The lowest BCUT2D eigenvalue weighted by atomic mass is 10.1. The Hall–Kier alpha value is -2.08. The van der Waals surface area contributed by atoms with Gasteiger partial charge in [0, 0.05) is 11.6 Å². The quantitative estimate of drug-likeness (QED) is 0.564. The van der Waals surface area contributed by atoms with Gasteiger partial charge in [0.2, 0.25) is 0 Å². The third-order valence-electron chi connectivity index (χ3n) is 2.33. The lowest BCUT2D eigenvalue weighted by molar-refractivity contribution is -0.115. The molecule has 5 nitrogen and oxygen atoms in total. The number of hydrogen-bond donors (Lipinski definition) is 3. The highest BCUT2D eigenvalue weighted by molar-refractivity contribution is 7.80. The molecule has 1 aliphatic heterocycles. The minimum absolute atomic E-state index is 0.0425. The van der Waals surface area contributed by atoms with Crippen molar-refractivity contribution in [3.63, 3.8) is 0 Å². The molecular formula is C12H12N2O3S. The summed E-state index contributed by atoms with van der Waals surface area (Å²) in [5, 5.41) is 15.2. The van der Waals surface area contributed by atoms with Gasteiger partial charge in [0.1, 0.15) is 17.2 Å². The van der Waals surface area contributed by atoms with Gasteiger partial charge < -0.3 is 15.2 Å². The largest absolute Gasteiger partial charge is 0.507 e. The second-order valence-electron chi connectivity index (χ2n) is 3.62. The van der Waals surface area contributed by atoms with E-state index < -0.39 is 0 Å². The van der Waals surface area contributed by atoms with Crippen LogP contribution in [-0.4, -0.2) is 22.7 Å². The van der Waals surface area contributed by atoms with Crippen molar-refractivity contribution in [2.45, 2.75) is 6.92 Å². The number of amides is 1. The smallest absolute Gasteiger partial charge is 0.273 e. The molecule has 0 saturated carbocycles. The first-order valence-electron chi connectivity index (χ1n) is 5.40. The number of phenols is 1. The minimum atomic E-state index is -0.312. The summed E-state index contributed by atoms with van der Waals surface area (Å²) in [6, 6.07) is 4.89. The van der Waals surface area contributed by atoms with Gasteiger partial charge >= 0.3 is 0 Å². The normalized spacial score (nSPS) is 16.6. The molecule has 1 aliphatic rings. The first-order chi connectivity index (χ1) is 8.60. The Morgan fingerprint density at radius 2 is 2.22 bits per heavy atom. The molecule has 3 N–H and O–H groups in total. The summed E-state index contributed by atoms with van der Waals surface area (Å²) in [6.45, 7) is 2.39. The number of ether oxygens (including phenoxy) is 1. The highest BCUT2D eigenvalue weighted by Crippen LogP contribution is 2.25. The maximum absolute atomic E-state index is 11.4. The fraction of sp³-hybridized carbons (Fsp3) is 0.167. The van der Waals surface area contributed by atoms with E-state index >= 15 is 0 Å². The SMILES string of the molecule is CCOc1ccc(/C=C2/NC(=S)NC2=O)c(O)c1. The summed E-state index contributed by atoms with van der Waals surface area (Å²) >= 11 is 4.81. The highest BCUT2D eigenvalue weighted by Gasteiger charge is 2.20. The van der Waals surface area contributed by atoms with Crippen LogP contribution < -0.4 is 15.4 Å². The van der Waals surface area contributed by atoms with Gasteiger partial charge in [0.15, 0.2) is 5.11 Å². The van der Waals surface area contributed by atoms with Crippen molar-refractivity contribution in [3.05, 3.63) is 29.5 Å². The van der Waals surface area contributed by atoms with Gasteiger partial charge in [-0.05, 0) is 37.4 Å². The molecule has 2 rings (SSSR count). The predicted octanol–water partition coefficient (Wildman–Crippen LogP) is 1.14. The predicted molar refractivity (Wildman–Crippen MR) is 71.1 cm³/mol. The van der Waals surface area contributed by atoms with Crippen molar-refractivity contribution in [2.24, 2.45) is 0 Å². The average Bonchev–Trinajstić information content (AvgIpc) is 2.62. The van der Waals surface area contributed by atoms with Crippen LogP contribution in [-0.2, 0) is 4.79 Å². The number of thiocarbonyl (C=S) groups is 1. The lowest BCUT2D eigenvalue weighted by Gasteiger charge is -2.05. The number of rotatable bonds is 3. The maximum atomic E-state index is 11.4. The molecule has 1 saturated heterocycles. The first kappa shape index (κ1) is 12.4. The fourth-order valence-corrected chi connectivity index (χ4v) is 1.74. The van der Waals surface area contributed by atoms with E-state index in [2.05, 4.69) is 10.6 Å². The molecule has 6 heteroatoms. The van der Waals surface area contributed by atoms with E-state index in [4.69, 9.17) is 17.0 Å². The number of hydrogen-bond acceptors (Lipinski definition) is 4. The number of nitrogens with one attached hydrogen (secondary N) is 2. The Bertz CT molecular complexity index is 540. The molecule has 1 heterocycles. The van der Waals surface area contributed by atoms with Gasteiger partial charge in [-0.2, -0.15) is 0 Å². The zero-order valence-electron chi connectivity index (χ0n) is 9.69. The Morgan fingerprint density at radius 3 is 2.78 bits per heavy atom. The van der Waals surface area contributed by atoms with Gasteiger partial charge in [0.05, 0.1) is 6.61 Å². The molecule has 1 fully saturated rings. The van der Waals surface area contributed by atoms with Crippen LogP contribution in [0.3, 0.4) is 0 Å². The summed E-state index contributed by atoms with van der Waals surface area (Å²) in [4.78, 5) is 11.4. The van der Waals surface area contributed by atoms with E-state index in [0.29, 0.717) is 23.6 Å². The molecule has 1 aromatic carbocycles. The summed E-state index contributed by atoms with van der Waals surface area (Å²) in [5.74, 6) is 0.311. The minimum Gasteiger partial charge on any atom is -0.507 e. The van der Waals surface area contributed by atoms with Crippen LogP contribution in [0.5, 0.6) is 11.5 Å². The molecule has 1 amide bonds. The van der Waals surface area contributed by atoms with Crippen molar-refractivity contribution >= 4 is 29.3 Å². The molecule has 0 atom stereocenters. The Morgan fingerprint density at radius 1 is 1.44 bits per heavy atom. The maximum Gasteiger partial charge on any atom is 0.273 e. The van der Waals surface area contributed by atoms with Crippen LogP contribution >= 0.6 is 12.2 Å². The van der Waals surface area contributed by atoms with E-state index in [1.54, 1.807) is 12.1 Å². The van der Waals surface area contributed by atoms with E-state index in [1.165, 1.54) is 12.1 Å². The van der Waals surface area contributed by atoms with Crippen molar-refractivity contribution in [1.29, 1.82) is 0 Å². The summed E-state index contributed by atoms with van der Waals surface area (Å²) in [6.07, 6.45) is 1.53. The van der Waals surface area contributed by atoms with Crippen molar-refractivity contribution in [3.8, 4) is 11.5 Å². The van der Waals surface area contributed by atoms with Gasteiger partial charge in [-0.25, -0.2) is 0 Å². The number of carbonyl (C=O) groups excluding carboxylic acids is 1. The van der Waals surface area contributed by atoms with Crippen LogP contribution in [0.2, 0.25) is 0 Å². The monoisotopic (exact) mass is 264 g/mol. The molecule has 0 unspecified atom stereocenters. The van der Waals surface area contributed by atoms with Crippen molar-refractivity contribution in [2.75, 3.05) is 6.61 Å². The third kappa shape index (κ3) is 2.60. The van der Waals surface area contributed by atoms with Crippen LogP contribution in [0.1, 0.15) is 12.5 Å². The van der Waals surface area contributed by atoms with Crippen LogP contribution in [0.25, 0.3) is 6.08 Å². The number of phenolic OH excluding ortho intramolecular Hbond substituents is 1. The second kappa shape index (κ2) is 5.05. The zero-order chi connectivity index (χ0) is 13.1. The fourth-order valence-electron chi connectivity index (χ4n) is 1.54. The van der Waals surface area contributed by atoms with E-state index in [9.17, 15) is 9.90 Å². The van der Waals surface area contributed by atoms with E-state index in [0.717, 1.165) is 0 Å². The highest BCUT2D eigenvalue weighted by atomic mass is 32.1. The Balaban J connectivity index is 2.27. The number of carbonyl (C=O) groups is 1. The van der Waals surface area contributed by atoms with Gasteiger partial charge in [0.25, 0.3) is 5.91 Å². The molecule has 0 radical (unpaired) electrons. The first-order valence-corrected chi connectivity index (χ1v) is 5.81. The summed E-state index contributed by atoms with van der Waals surface area (Å²) in [5.41, 5.74) is 0.820. The lowest BCUT2D eigenvalue weighted by Crippen LogP contribution is -2.21. The van der Waals surface area contributed by atoms with Crippen molar-refractivity contribution in [1.82, 2.24) is 10.6 Å². The number of benzene rings is 1. The molecule has 18 heavy (non-hydrogen) atoms.